The Morgan fingerprint density at radius 3 is 3.16 bits per heavy atom. The van der Waals surface area contributed by atoms with Crippen molar-refractivity contribution in [2.45, 2.75) is 13.0 Å². The van der Waals surface area contributed by atoms with Gasteiger partial charge in [-0.2, -0.15) is 0 Å². The molecule has 0 aromatic carbocycles. The lowest BCUT2D eigenvalue weighted by Crippen LogP contribution is -2.46. The number of anilines is 1. The Morgan fingerprint density at radius 2 is 2.47 bits per heavy atom. The molecule has 1 aromatic heterocycles. The number of nitro groups is 1. The van der Waals surface area contributed by atoms with Gasteiger partial charge in [0.25, 0.3) is 0 Å². The maximum Gasteiger partial charge on any atom is 0.311 e. The third-order valence-corrected chi connectivity index (χ3v) is 3.05. The van der Waals surface area contributed by atoms with E-state index >= 15 is 0 Å². The maximum absolute atomic E-state index is 11.1. The summed E-state index contributed by atoms with van der Waals surface area (Å²) in [6.45, 7) is 4.30. The standard InChI is InChI=1S/C12H18N4O3/c1-9-5-11(16(17)18)12(14-6-9)15-3-4-19-10(8-15)7-13-2/h5-6,10,13H,3-4,7-8H2,1-2H3. The van der Waals surface area contributed by atoms with Crippen molar-refractivity contribution >= 4 is 11.5 Å². The van der Waals surface area contributed by atoms with E-state index in [4.69, 9.17) is 4.74 Å². The summed E-state index contributed by atoms with van der Waals surface area (Å²) in [6, 6.07) is 1.56. The Labute approximate surface area is 111 Å². The number of morpholine rings is 1. The van der Waals surface area contributed by atoms with Gasteiger partial charge in [-0.1, -0.05) is 0 Å². The molecule has 19 heavy (non-hydrogen) atoms. The Kier molecular flexibility index (Phi) is 4.28. The maximum atomic E-state index is 11.1. The number of nitrogens with zero attached hydrogens (tertiary/aromatic N) is 3. The number of pyridine rings is 1. The van der Waals surface area contributed by atoms with E-state index in [2.05, 4.69) is 10.3 Å². The summed E-state index contributed by atoms with van der Waals surface area (Å²) in [4.78, 5) is 16.9. The number of hydrogen-bond donors (Lipinski definition) is 1. The van der Waals surface area contributed by atoms with Gasteiger partial charge in [0.1, 0.15) is 0 Å². The highest BCUT2D eigenvalue weighted by molar-refractivity contribution is 5.58. The first-order chi connectivity index (χ1) is 9.11. The van der Waals surface area contributed by atoms with E-state index in [9.17, 15) is 10.1 Å². The van der Waals surface area contributed by atoms with Crippen molar-refractivity contribution in [3.63, 3.8) is 0 Å². The zero-order valence-corrected chi connectivity index (χ0v) is 11.1. The molecule has 7 heteroatoms. The third kappa shape index (κ3) is 3.18. The molecule has 104 valence electrons. The van der Waals surface area contributed by atoms with Crippen molar-refractivity contribution in [1.82, 2.24) is 10.3 Å². The van der Waals surface area contributed by atoms with Crippen LogP contribution in [0.15, 0.2) is 12.3 Å². The first-order valence-corrected chi connectivity index (χ1v) is 6.24. The average Bonchev–Trinajstić information content (AvgIpc) is 2.39. The molecular weight excluding hydrogens is 248 g/mol. The van der Waals surface area contributed by atoms with Crippen LogP contribution in [-0.2, 0) is 4.74 Å². The van der Waals surface area contributed by atoms with Gasteiger partial charge in [0.15, 0.2) is 0 Å². The summed E-state index contributed by atoms with van der Waals surface area (Å²) in [7, 11) is 1.86. The van der Waals surface area contributed by atoms with Crippen molar-refractivity contribution in [3.8, 4) is 0 Å². The van der Waals surface area contributed by atoms with Crippen molar-refractivity contribution in [2.75, 3.05) is 38.2 Å². The first-order valence-electron chi connectivity index (χ1n) is 6.24. The van der Waals surface area contributed by atoms with E-state index in [0.717, 1.165) is 12.1 Å². The van der Waals surface area contributed by atoms with Gasteiger partial charge >= 0.3 is 5.69 Å². The molecule has 0 radical (unpaired) electrons. The van der Waals surface area contributed by atoms with Gasteiger partial charge < -0.3 is 15.0 Å². The van der Waals surface area contributed by atoms with Crippen molar-refractivity contribution in [2.24, 2.45) is 0 Å². The van der Waals surface area contributed by atoms with E-state index in [1.54, 1.807) is 19.2 Å². The van der Waals surface area contributed by atoms with Crippen LogP contribution in [0.5, 0.6) is 0 Å². The molecule has 0 spiro atoms. The summed E-state index contributed by atoms with van der Waals surface area (Å²) in [6.07, 6.45) is 1.69. The van der Waals surface area contributed by atoms with Gasteiger partial charge in [-0.3, -0.25) is 10.1 Å². The number of rotatable bonds is 4. The molecule has 1 N–H and O–H groups in total. The number of likely N-dealkylation sites (N-methyl/N-ethyl adjacent to an activating group) is 1. The van der Waals surface area contributed by atoms with E-state index in [0.29, 0.717) is 25.5 Å². The molecule has 0 bridgehead atoms. The van der Waals surface area contributed by atoms with Crippen LogP contribution in [0.3, 0.4) is 0 Å². The molecule has 1 fully saturated rings. The van der Waals surface area contributed by atoms with Crippen LogP contribution in [0.1, 0.15) is 5.56 Å². The molecule has 1 unspecified atom stereocenters. The van der Waals surface area contributed by atoms with Crippen LogP contribution >= 0.6 is 0 Å². The van der Waals surface area contributed by atoms with Gasteiger partial charge in [0.2, 0.25) is 5.82 Å². The van der Waals surface area contributed by atoms with Crippen LogP contribution in [0.25, 0.3) is 0 Å². The summed E-state index contributed by atoms with van der Waals surface area (Å²) >= 11 is 0. The van der Waals surface area contributed by atoms with Crippen molar-refractivity contribution in [1.29, 1.82) is 0 Å². The minimum Gasteiger partial charge on any atom is -0.373 e. The van der Waals surface area contributed by atoms with Gasteiger partial charge in [0.05, 0.1) is 17.6 Å². The SMILES string of the molecule is CNCC1CN(c2ncc(C)cc2[N+](=O)[O-])CCO1. The Bertz CT molecular complexity index is 464. The molecule has 7 nitrogen and oxygen atoms in total. The molecule has 1 aliphatic heterocycles. The lowest BCUT2D eigenvalue weighted by atomic mass is 10.2. The van der Waals surface area contributed by atoms with Crippen LogP contribution in [0, 0.1) is 17.0 Å². The van der Waals surface area contributed by atoms with Gasteiger partial charge in [-0.05, 0) is 19.5 Å². The molecule has 1 saturated heterocycles. The molecule has 0 aliphatic carbocycles. The highest BCUT2D eigenvalue weighted by atomic mass is 16.6. The summed E-state index contributed by atoms with van der Waals surface area (Å²) < 4.78 is 5.59. The van der Waals surface area contributed by atoms with Crippen LogP contribution < -0.4 is 10.2 Å². The molecule has 0 saturated carbocycles. The summed E-state index contributed by atoms with van der Waals surface area (Å²) in [5.74, 6) is 0.431. The zero-order chi connectivity index (χ0) is 13.8. The lowest BCUT2D eigenvalue weighted by molar-refractivity contribution is -0.384. The fraction of sp³-hybridized carbons (Fsp3) is 0.583. The molecular formula is C12H18N4O3. The second-order valence-corrected chi connectivity index (χ2v) is 4.61. The van der Waals surface area contributed by atoms with Crippen molar-refractivity contribution < 1.29 is 9.66 Å². The van der Waals surface area contributed by atoms with Crippen molar-refractivity contribution in [3.05, 3.63) is 27.9 Å². The molecule has 2 rings (SSSR count). The fourth-order valence-corrected chi connectivity index (χ4v) is 2.19. The van der Waals surface area contributed by atoms with E-state index in [-0.39, 0.29) is 16.7 Å². The molecule has 1 aliphatic rings. The summed E-state index contributed by atoms with van der Waals surface area (Å²) in [5, 5.41) is 14.2. The largest absolute Gasteiger partial charge is 0.373 e. The Morgan fingerprint density at radius 1 is 1.68 bits per heavy atom. The predicted molar refractivity (Wildman–Crippen MR) is 71.5 cm³/mol. The highest BCUT2D eigenvalue weighted by Crippen LogP contribution is 2.27. The highest BCUT2D eigenvalue weighted by Gasteiger charge is 2.26. The molecule has 1 atom stereocenters. The van der Waals surface area contributed by atoms with Gasteiger partial charge in [-0.15, -0.1) is 0 Å². The smallest absolute Gasteiger partial charge is 0.311 e. The van der Waals surface area contributed by atoms with Gasteiger partial charge in [-0.25, -0.2) is 4.98 Å². The Hall–Kier alpha value is -1.73. The first kappa shape index (κ1) is 13.7. The summed E-state index contributed by atoms with van der Waals surface area (Å²) in [5.41, 5.74) is 0.848. The zero-order valence-electron chi connectivity index (χ0n) is 11.1. The monoisotopic (exact) mass is 266 g/mol. The predicted octanol–water partition coefficient (Wildman–Crippen LogP) is 0.723. The minimum atomic E-state index is -0.377. The quantitative estimate of drug-likeness (QED) is 0.639. The van der Waals surface area contributed by atoms with E-state index in [1.165, 1.54) is 0 Å². The second-order valence-electron chi connectivity index (χ2n) is 4.61. The average molecular weight is 266 g/mol. The topological polar surface area (TPSA) is 80.5 Å². The number of aryl methyl sites for hydroxylation is 1. The van der Waals surface area contributed by atoms with E-state index in [1.807, 2.05) is 11.9 Å². The van der Waals surface area contributed by atoms with E-state index < -0.39 is 0 Å². The van der Waals surface area contributed by atoms with Crippen LogP contribution in [0.2, 0.25) is 0 Å². The van der Waals surface area contributed by atoms with Gasteiger partial charge in [0, 0.05) is 31.9 Å². The fourth-order valence-electron chi connectivity index (χ4n) is 2.19. The second kappa shape index (κ2) is 5.94. The lowest BCUT2D eigenvalue weighted by Gasteiger charge is -2.33. The van der Waals surface area contributed by atoms with Crippen LogP contribution in [-0.4, -0.2) is 49.3 Å². The van der Waals surface area contributed by atoms with Crippen LogP contribution in [0.4, 0.5) is 11.5 Å². The molecule has 0 amide bonds. The minimum absolute atomic E-state index is 0.0291. The number of hydrogen-bond acceptors (Lipinski definition) is 6. The molecule has 1 aromatic rings. The molecule has 2 heterocycles. The number of aromatic nitrogens is 1. The normalized spacial score (nSPS) is 19.5. The third-order valence-electron chi connectivity index (χ3n) is 3.05. The Balaban J connectivity index is 2.23. The number of nitrogens with one attached hydrogen (secondary N) is 1. The number of ether oxygens (including phenoxy) is 1.